The molecule has 0 fully saturated rings. The average molecular weight is 460 g/mol. The van der Waals surface area contributed by atoms with Gasteiger partial charge in [-0.1, -0.05) is 12.7 Å². The quantitative estimate of drug-likeness (QED) is 0.432. The first kappa shape index (κ1) is 20.4. The number of hydrogen-bond acceptors (Lipinski definition) is 6. The van der Waals surface area contributed by atoms with E-state index in [9.17, 15) is 9.59 Å². The fraction of sp³-hybridized carbons (Fsp3) is 0.150. The van der Waals surface area contributed by atoms with Gasteiger partial charge >= 0.3 is 5.69 Å². The van der Waals surface area contributed by atoms with Gasteiger partial charge in [0.2, 0.25) is 0 Å². The summed E-state index contributed by atoms with van der Waals surface area (Å²) in [6.45, 7) is 3.98. The zero-order chi connectivity index (χ0) is 21.0. The molecular formula is C20H18BrN3O5. The Kier molecular flexibility index (Phi) is 6.18. The van der Waals surface area contributed by atoms with Gasteiger partial charge in [-0.15, -0.1) is 4.68 Å². The third-order valence-corrected chi connectivity index (χ3v) is 4.64. The Morgan fingerprint density at radius 1 is 1.14 bits per heavy atom. The maximum atomic E-state index is 12.8. The smallest absolute Gasteiger partial charge is 0.349 e. The summed E-state index contributed by atoms with van der Waals surface area (Å²) in [5.74, 6) is 1.42. The first-order valence-electron chi connectivity index (χ1n) is 8.47. The van der Waals surface area contributed by atoms with Gasteiger partial charge in [0, 0.05) is 6.07 Å². The summed E-state index contributed by atoms with van der Waals surface area (Å²) < 4.78 is 17.4. The van der Waals surface area contributed by atoms with Crippen LogP contribution in [0.15, 0.2) is 62.1 Å². The van der Waals surface area contributed by atoms with Crippen molar-refractivity contribution >= 4 is 33.0 Å². The molecule has 0 amide bonds. The van der Waals surface area contributed by atoms with E-state index in [1.807, 2.05) is 0 Å². The van der Waals surface area contributed by atoms with E-state index in [2.05, 4.69) is 32.6 Å². The van der Waals surface area contributed by atoms with E-state index in [0.717, 1.165) is 4.68 Å². The van der Waals surface area contributed by atoms with Crippen LogP contribution in [0, 0.1) is 0 Å². The Morgan fingerprint density at radius 3 is 2.52 bits per heavy atom. The third kappa shape index (κ3) is 4.24. The highest BCUT2D eigenvalue weighted by molar-refractivity contribution is 9.10. The Balaban J connectivity index is 2.02. The van der Waals surface area contributed by atoms with E-state index >= 15 is 0 Å². The number of fused-ring (bicyclic) bond motifs is 1. The lowest BCUT2D eigenvalue weighted by molar-refractivity contribution is 0.355. The lowest BCUT2D eigenvalue weighted by Crippen LogP contribution is -2.32. The molecule has 0 unspecified atom stereocenters. The zero-order valence-electron chi connectivity index (χ0n) is 15.8. The first-order chi connectivity index (χ1) is 14.0. The Morgan fingerprint density at radius 2 is 1.86 bits per heavy atom. The molecule has 9 heteroatoms. The molecule has 0 atom stereocenters. The van der Waals surface area contributed by atoms with Crippen LogP contribution in [0.4, 0.5) is 0 Å². The highest BCUT2D eigenvalue weighted by atomic mass is 79.9. The normalized spacial score (nSPS) is 11.0. The third-order valence-electron chi connectivity index (χ3n) is 4.02. The fourth-order valence-electron chi connectivity index (χ4n) is 2.63. The average Bonchev–Trinajstić information content (AvgIpc) is 2.72. The second-order valence-corrected chi connectivity index (χ2v) is 6.69. The Hall–Kier alpha value is -3.33. The summed E-state index contributed by atoms with van der Waals surface area (Å²) in [7, 11) is 2.94. The van der Waals surface area contributed by atoms with Crippen molar-refractivity contribution in [3.63, 3.8) is 0 Å². The van der Waals surface area contributed by atoms with E-state index < -0.39 is 11.2 Å². The maximum Gasteiger partial charge on any atom is 0.349 e. The van der Waals surface area contributed by atoms with Crippen LogP contribution >= 0.6 is 15.9 Å². The fourth-order valence-corrected chi connectivity index (χ4v) is 3.14. The van der Waals surface area contributed by atoms with Gasteiger partial charge in [-0.05, 0) is 45.8 Å². The number of benzene rings is 2. The van der Waals surface area contributed by atoms with Gasteiger partial charge in [-0.2, -0.15) is 5.10 Å². The predicted molar refractivity (Wildman–Crippen MR) is 115 cm³/mol. The molecule has 1 N–H and O–H groups in total. The van der Waals surface area contributed by atoms with Crippen molar-refractivity contribution in [1.29, 1.82) is 0 Å². The molecular weight excluding hydrogens is 442 g/mol. The van der Waals surface area contributed by atoms with Gasteiger partial charge in [-0.3, -0.25) is 4.79 Å². The van der Waals surface area contributed by atoms with Crippen LogP contribution in [0.2, 0.25) is 0 Å². The number of H-pyrrole nitrogens is 1. The van der Waals surface area contributed by atoms with Crippen molar-refractivity contribution in [3.8, 4) is 17.2 Å². The number of aromatic nitrogens is 2. The van der Waals surface area contributed by atoms with Crippen LogP contribution in [0.1, 0.15) is 5.56 Å². The summed E-state index contributed by atoms with van der Waals surface area (Å²) in [5, 5.41) is 4.29. The molecule has 0 aliphatic heterocycles. The molecule has 0 aliphatic carbocycles. The standard InChI is InChI=1S/C20H18BrN3O5/c1-4-7-29-16-6-5-12(8-14(16)21)11-22-24-19(25)13-9-17(27-2)18(28-3)10-15(13)23-20(24)26/h4-6,8-11H,1,7H2,2-3H3,(H,23,26). The summed E-state index contributed by atoms with van der Waals surface area (Å²) in [4.78, 5) is 27.7. The van der Waals surface area contributed by atoms with Crippen molar-refractivity contribution in [2.75, 3.05) is 20.8 Å². The Bertz CT molecular complexity index is 1210. The molecule has 1 heterocycles. The van der Waals surface area contributed by atoms with E-state index in [1.54, 1.807) is 24.3 Å². The Labute approximate surface area is 174 Å². The van der Waals surface area contributed by atoms with Crippen LogP contribution in [0.3, 0.4) is 0 Å². The van der Waals surface area contributed by atoms with Crippen LogP contribution < -0.4 is 25.5 Å². The number of nitrogens with zero attached hydrogens (tertiary/aromatic N) is 2. The zero-order valence-corrected chi connectivity index (χ0v) is 17.4. The molecule has 29 heavy (non-hydrogen) atoms. The minimum atomic E-state index is -0.670. The SMILES string of the molecule is C=CCOc1ccc(C=Nn2c(=O)[nH]c3cc(OC)c(OC)cc3c2=O)cc1Br. The highest BCUT2D eigenvalue weighted by Crippen LogP contribution is 2.29. The molecule has 2 aromatic carbocycles. The molecule has 0 saturated heterocycles. The topological polar surface area (TPSA) is 94.9 Å². The number of hydrogen-bond donors (Lipinski definition) is 1. The minimum absolute atomic E-state index is 0.244. The summed E-state index contributed by atoms with van der Waals surface area (Å²) >= 11 is 3.41. The van der Waals surface area contributed by atoms with Gasteiger partial charge in [0.25, 0.3) is 5.56 Å². The van der Waals surface area contributed by atoms with Crippen LogP contribution in [-0.2, 0) is 0 Å². The molecule has 0 saturated carbocycles. The van der Waals surface area contributed by atoms with Crippen molar-refractivity contribution in [2.24, 2.45) is 5.10 Å². The van der Waals surface area contributed by atoms with Gasteiger partial charge in [0.15, 0.2) is 11.5 Å². The van der Waals surface area contributed by atoms with Crippen LogP contribution in [0.25, 0.3) is 10.9 Å². The van der Waals surface area contributed by atoms with Crippen molar-refractivity contribution in [2.45, 2.75) is 0 Å². The molecule has 0 aliphatic rings. The predicted octanol–water partition coefficient (Wildman–Crippen LogP) is 2.92. The van der Waals surface area contributed by atoms with E-state index in [1.165, 1.54) is 32.6 Å². The first-order valence-corrected chi connectivity index (χ1v) is 9.26. The molecule has 0 bridgehead atoms. The van der Waals surface area contributed by atoms with Crippen LogP contribution in [-0.4, -0.2) is 36.7 Å². The number of ether oxygens (including phenoxy) is 3. The van der Waals surface area contributed by atoms with Gasteiger partial charge in [0.1, 0.15) is 12.4 Å². The maximum absolute atomic E-state index is 12.8. The number of halogens is 1. The molecule has 150 valence electrons. The van der Waals surface area contributed by atoms with Crippen LogP contribution in [0.5, 0.6) is 17.2 Å². The highest BCUT2D eigenvalue weighted by Gasteiger charge is 2.12. The molecule has 3 rings (SSSR count). The van der Waals surface area contributed by atoms with E-state index in [-0.39, 0.29) is 5.39 Å². The van der Waals surface area contributed by atoms with E-state index in [0.29, 0.717) is 39.4 Å². The molecule has 0 radical (unpaired) electrons. The summed E-state index contributed by atoms with van der Waals surface area (Å²) in [6, 6.07) is 8.29. The number of nitrogens with one attached hydrogen (secondary N) is 1. The van der Waals surface area contributed by atoms with Crippen molar-refractivity contribution < 1.29 is 14.2 Å². The van der Waals surface area contributed by atoms with Gasteiger partial charge < -0.3 is 19.2 Å². The number of rotatable bonds is 7. The van der Waals surface area contributed by atoms with Gasteiger partial charge in [-0.25, -0.2) is 4.79 Å². The monoisotopic (exact) mass is 459 g/mol. The lowest BCUT2D eigenvalue weighted by Gasteiger charge is -2.09. The van der Waals surface area contributed by atoms with E-state index in [4.69, 9.17) is 14.2 Å². The molecule has 8 nitrogen and oxygen atoms in total. The molecule has 1 aromatic heterocycles. The van der Waals surface area contributed by atoms with Gasteiger partial charge in [0.05, 0.1) is 35.8 Å². The molecule has 3 aromatic rings. The second kappa shape index (κ2) is 8.78. The largest absolute Gasteiger partial charge is 0.493 e. The van der Waals surface area contributed by atoms with Crippen molar-refractivity contribution in [3.05, 3.63) is 73.9 Å². The summed E-state index contributed by atoms with van der Waals surface area (Å²) in [5.41, 5.74) is -0.251. The molecule has 0 spiro atoms. The second-order valence-electron chi connectivity index (χ2n) is 5.83. The number of aromatic amines is 1. The van der Waals surface area contributed by atoms with Crippen molar-refractivity contribution in [1.82, 2.24) is 9.66 Å². The lowest BCUT2D eigenvalue weighted by atomic mass is 10.2. The summed E-state index contributed by atoms with van der Waals surface area (Å²) in [6.07, 6.45) is 3.05. The number of methoxy groups -OCH3 is 2. The minimum Gasteiger partial charge on any atom is -0.493 e.